The zero-order valence-electron chi connectivity index (χ0n) is 11.4. The van der Waals surface area contributed by atoms with Gasteiger partial charge in [0.05, 0.1) is 11.4 Å². The second-order valence-corrected chi connectivity index (χ2v) is 7.78. The van der Waals surface area contributed by atoms with Crippen LogP contribution in [0, 0.1) is 0 Å². The fraction of sp³-hybridized carbons (Fsp3) is 0.188. The van der Waals surface area contributed by atoms with E-state index in [2.05, 4.69) is 39.4 Å². The first kappa shape index (κ1) is 14.9. The molecule has 1 unspecified atom stereocenters. The Labute approximate surface area is 142 Å². The number of hydrogen-bond donors (Lipinski definition) is 1. The minimum absolute atomic E-state index is 0.518. The van der Waals surface area contributed by atoms with Crippen LogP contribution in [0.1, 0.15) is 18.9 Å². The second kappa shape index (κ2) is 6.42. The molecule has 0 saturated carbocycles. The largest absolute Gasteiger partial charge is 0.278 e. The van der Waals surface area contributed by atoms with Crippen molar-refractivity contribution in [2.45, 2.75) is 23.5 Å². The fourth-order valence-corrected chi connectivity index (χ4v) is 3.79. The van der Waals surface area contributed by atoms with Gasteiger partial charge in [-0.05, 0) is 42.5 Å². The van der Waals surface area contributed by atoms with Crippen LogP contribution in [0.15, 0.2) is 56.9 Å². The number of thioether (sulfide) groups is 1. The number of nitrogens with one attached hydrogen (secondary N) is 1. The molecule has 1 aliphatic heterocycles. The van der Waals surface area contributed by atoms with Gasteiger partial charge in [-0.3, -0.25) is 5.43 Å². The van der Waals surface area contributed by atoms with E-state index in [9.17, 15) is 0 Å². The third-order valence-electron chi connectivity index (χ3n) is 3.23. The summed E-state index contributed by atoms with van der Waals surface area (Å²) < 4.78 is 1.06. The van der Waals surface area contributed by atoms with E-state index in [1.165, 1.54) is 4.90 Å². The predicted octanol–water partition coefficient (Wildman–Crippen LogP) is 5.80. The molecule has 1 N–H and O–H groups in total. The molecular weight excluding hydrogens is 368 g/mol. The lowest BCUT2D eigenvalue weighted by Gasteiger charge is -2.22. The van der Waals surface area contributed by atoms with E-state index in [0.717, 1.165) is 32.9 Å². The number of benzene rings is 2. The summed E-state index contributed by atoms with van der Waals surface area (Å²) in [5.74, 6) is 0. The molecule has 2 aromatic rings. The first-order valence-corrected chi connectivity index (χ1v) is 8.71. The summed E-state index contributed by atoms with van der Waals surface area (Å²) in [5, 5.41) is 5.86. The van der Waals surface area contributed by atoms with Gasteiger partial charge in [0.15, 0.2) is 0 Å². The topological polar surface area (TPSA) is 24.4 Å². The highest BCUT2D eigenvalue weighted by atomic mass is 79.9. The average Bonchev–Trinajstić information content (AvgIpc) is 2.47. The van der Waals surface area contributed by atoms with Crippen molar-refractivity contribution in [2.24, 2.45) is 5.10 Å². The number of hydrazone groups is 1. The first-order chi connectivity index (χ1) is 10.1. The van der Waals surface area contributed by atoms with Crippen molar-refractivity contribution < 1.29 is 0 Å². The first-order valence-electron chi connectivity index (χ1n) is 6.66. The molecule has 0 radical (unpaired) electrons. The van der Waals surface area contributed by atoms with E-state index in [1.54, 1.807) is 0 Å². The summed E-state index contributed by atoms with van der Waals surface area (Å²) in [6.45, 7) is 2.22. The second-order valence-electron chi connectivity index (χ2n) is 4.95. The summed E-state index contributed by atoms with van der Waals surface area (Å²) in [4.78, 5) is 1.24. The lowest BCUT2D eigenvalue weighted by Crippen LogP contribution is -2.17. The minimum atomic E-state index is 0.518. The zero-order valence-corrected chi connectivity index (χ0v) is 14.6. The standard InChI is InChI=1S/C16H14BrClN2S/c1-10-8-15(14-9-12(18)4-7-16(14)21-10)20-19-13-5-2-11(17)3-6-13/h2-7,9-10,19H,8H2,1H3/b20-15+. The molecule has 1 aliphatic rings. The molecule has 0 aliphatic carbocycles. The third-order valence-corrected chi connectivity index (χ3v) is 5.17. The molecule has 21 heavy (non-hydrogen) atoms. The maximum atomic E-state index is 6.12. The lowest BCUT2D eigenvalue weighted by atomic mass is 10.1. The molecule has 0 fully saturated rings. The van der Waals surface area contributed by atoms with Crippen molar-refractivity contribution in [2.75, 3.05) is 5.43 Å². The van der Waals surface area contributed by atoms with Crippen LogP contribution in [0.2, 0.25) is 5.02 Å². The highest BCUT2D eigenvalue weighted by Gasteiger charge is 2.21. The van der Waals surface area contributed by atoms with Crippen molar-refractivity contribution in [1.82, 2.24) is 0 Å². The monoisotopic (exact) mass is 380 g/mol. The number of hydrogen-bond acceptors (Lipinski definition) is 3. The normalized spacial score (nSPS) is 19.4. The number of rotatable bonds is 2. The molecular formula is C16H14BrClN2S. The molecule has 5 heteroatoms. The van der Waals surface area contributed by atoms with Gasteiger partial charge in [0, 0.05) is 31.6 Å². The van der Waals surface area contributed by atoms with E-state index in [1.807, 2.05) is 48.2 Å². The highest BCUT2D eigenvalue weighted by Crippen LogP contribution is 2.36. The number of halogens is 2. The molecule has 1 heterocycles. The van der Waals surface area contributed by atoms with E-state index >= 15 is 0 Å². The van der Waals surface area contributed by atoms with Crippen LogP contribution >= 0.6 is 39.3 Å². The molecule has 0 aromatic heterocycles. The van der Waals surface area contributed by atoms with Gasteiger partial charge in [-0.1, -0.05) is 34.5 Å². The molecule has 108 valence electrons. The van der Waals surface area contributed by atoms with Gasteiger partial charge < -0.3 is 0 Å². The predicted molar refractivity (Wildman–Crippen MR) is 95.7 cm³/mol. The SMILES string of the molecule is CC1C/C(=N\Nc2ccc(Br)cc2)c2cc(Cl)ccc2S1. The summed E-state index contributed by atoms with van der Waals surface area (Å²) in [5.41, 5.74) is 6.30. The maximum Gasteiger partial charge on any atom is 0.0702 e. The summed E-state index contributed by atoms with van der Waals surface area (Å²) in [7, 11) is 0. The summed E-state index contributed by atoms with van der Waals surface area (Å²) in [6.07, 6.45) is 0.932. The number of nitrogens with zero attached hydrogens (tertiary/aromatic N) is 1. The van der Waals surface area contributed by atoms with Crippen molar-refractivity contribution >= 4 is 50.7 Å². The smallest absolute Gasteiger partial charge is 0.0702 e. The van der Waals surface area contributed by atoms with Crippen molar-refractivity contribution in [1.29, 1.82) is 0 Å². The minimum Gasteiger partial charge on any atom is -0.278 e. The van der Waals surface area contributed by atoms with Crippen LogP contribution in [-0.4, -0.2) is 11.0 Å². The number of anilines is 1. The Morgan fingerprint density at radius 2 is 2.00 bits per heavy atom. The highest BCUT2D eigenvalue weighted by molar-refractivity contribution is 9.10. The van der Waals surface area contributed by atoms with E-state index < -0.39 is 0 Å². The Balaban J connectivity index is 1.89. The van der Waals surface area contributed by atoms with Gasteiger partial charge in [0.25, 0.3) is 0 Å². The summed E-state index contributed by atoms with van der Waals surface area (Å²) >= 11 is 11.4. The molecule has 1 atom stereocenters. The van der Waals surface area contributed by atoms with Crippen molar-refractivity contribution in [3.05, 3.63) is 57.5 Å². The quantitative estimate of drug-likeness (QED) is 0.664. The Kier molecular flexibility index (Phi) is 4.57. The molecule has 0 bridgehead atoms. The third kappa shape index (κ3) is 3.62. The van der Waals surface area contributed by atoms with Gasteiger partial charge in [-0.15, -0.1) is 11.8 Å². The van der Waals surface area contributed by atoms with Gasteiger partial charge >= 0.3 is 0 Å². The number of fused-ring (bicyclic) bond motifs is 1. The molecule has 0 saturated heterocycles. The van der Waals surface area contributed by atoms with Crippen LogP contribution in [0.3, 0.4) is 0 Å². The average molecular weight is 382 g/mol. The Morgan fingerprint density at radius 3 is 2.76 bits per heavy atom. The molecule has 2 nitrogen and oxygen atoms in total. The van der Waals surface area contributed by atoms with Gasteiger partial charge in [-0.2, -0.15) is 5.10 Å². The summed E-state index contributed by atoms with van der Waals surface area (Å²) in [6, 6.07) is 14.0. The van der Waals surface area contributed by atoms with Crippen molar-refractivity contribution in [3.63, 3.8) is 0 Å². The molecule has 3 rings (SSSR count). The van der Waals surface area contributed by atoms with Gasteiger partial charge in [0.2, 0.25) is 0 Å². The van der Waals surface area contributed by atoms with Crippen LogP contribution in [0.25, 0.3) is 0 Å². The van der Waals surface area contributed by atoms with E-state index in [4.69, 9.17) is 11.6 Å². The van der Waals surface area contributed by atoms with Gasteiger partial charge in [0.1, 0.15) is 0 Å². The zero-order chi connectivity index (χ0) is 14.8. The van der Waals surface area contributed by atoms with Crippen LogP contribution in [0.5, 0.6) is 0 Å². The van der Waals surface area contributed by atoms with Crippen molar-refractivity contribution in [3.8, 4) is 0 Å². The van der Waals surface area contributed by atoms with Gasteiger partial charge in [-0.25, -0.2) is 0 Å². The van der Waals surface area contributed by atoms with E-state index in [0.29, 0.717) is 5.25 Å². The van der Waals surface area contributed by atoms with E-state index in [-0.39, 0.29) is 0 Å². The maximum absolute atomic E-state index is 6.12. The molecule has 2 aromatic carbocycles. The van der Waals surface area contributed by atoms with Crippen LogP contribution in [-0.2, 0) is 0 Å². The van der Waals surface area contributed by atoms with Crippen LogP contribution in [0.4, 0.5) is 5.69 Å². The van der Waals surface area contributed by atoms with Crippen LogP contribution < -0.4 is 5.43 Å². The Bertz CT molecular complexity index is 685. The lowest BCUT2D eigenvalue weighted by molar-refractivity contribution is 0.988. The molecule has 0 spiro atoms. The molecule has 0 amide bonds. The Morgan fingerprint density at radius 1 is 1.24 bits per heavy atom. The Hall–Kier alpha value is -0.970. The fourth-order valence-electron chi connectivity index (χ4n) is 2.23.